The Morgan fingerprint density at radius 1 is 1.07 bits per heavy atom. The van der Waals surface area contributed by atoms with E-state index in [2.05, 4.69) is 15.9 Å². The van der Waals surface area contributed by atoms with Crippen LogP contribution in [-0.4, -0.2) is 66.7 Å². The molecule has 4 rings (SSSR count). The van der Waals surface area contributed by atoms with Crippen molar-refractivity contribution in [2.24, 2.45) is 0 Å². The van der Waals surface area contributed by atoms with Gasteiger partial charge in [0.05, 0.1) is 6.04 Å². The van der Waals surface area contributed by atoms with Gasteiger partial charge in [0, 0.05) is 46.3 Å². The summed E-state index contributed by atoms with van der Waals surface area (Å²) in [6.45, 7) is 6.99. The minimum Gasteiger partial charge on any atom is -0.454 e. The van der Waals surface area contributed by atoms with Crippen molar-refractivity contribution in [3.8, 4) is 11.5 Å². The number of hydrogen-bond acceptors (Lipinski definition) is 5. The van der Waals surface area contributed by atoms with Crippen LogP contribution in [0.3, 0.4) is 0 Å². The predicted octanol–water partition coefficient (Wildman–Crippen LogP) is 2.72. The monoisotopic (exact) mass is 413 g/mol. The molecule has 2 aliphatic heterocycles. The molecule has 0 N–H and O–H groups in total. The summed E-state index contributed by atoms with van der Waals surface area (Å²) >= 11 is 0. The van der Waals surface area contributed by atoms with Crippen LogP contribution in [0.5, 0.6) is 11.5 Å². The Kier molecular flexibility index (Phi) is 6.20. The molecule has 0 radical (unpaired) electrons. The lowest BCUT2D eigenvalue weighted by Crippen LogP contribution is -2.53. The zero-order valence-electron chi connectivity index (χ0n) is 17.5. The zero-order chi connectivity index (χ0) is 21.1. The summed E-state index contributed by atoms with van der Waals surface area (Å²) in [6, 6.07) is 12.3. The number of piperazine rings is 1. The summed E-state index contributed by atoms with van der Waals surface area (Å²) in [7, 11) is 1.78. The second-order valence-electron chi connectivity index (χ2n) is 8.00. The Morgan fingerprint density at radius 3 is 2.60 bits per heavy atom. The van der Waals surface area contributed by atoms with Gasteiger partial charge in [0.2, 0.25) is 12.7 Å². The van der Waals surface area contributed by atoms with Crippen molar-refractivity contribution in [1.29, 1.82) is 0 Å². The highest BCUT2D eigenvalue weighted by atomic mass is 19.1. The number of ether oxygens (including phenoxy) is 2. The first kappa shape index (κ1) is 20.6. The highest BCUT2D eigenvalue weighted by Gasteiger charge is 2.27. The number of halogens is 1. The molecule has 1 fully saturated rings. The summed E-state index contributed by atoms with van der Waals surface area (Å²) < 4.78 is 24.2. The van der Waals surface area contributed by atoms with Gasteiger partial charge in [-0.25, -0.2) is 4.39 Å². The second-order valence-corrected chi connectivity index (χ2v) is 8.00. The van der Waals surface area contributed by atoms with E-state index in [1.807, 2.05) is 25.1 Å². The number of nitrogens with zero attached hydrogens (tertiary/aromatic N) is 3. The molecule has 0 spiro atoms. The molecule has 1 atom stereocenters. The minimum absolute atomic E-state index is 0.0588. The molecule has 1 saturated heterocycles. The molecule has 6 nitrogen and oxygen atoms in total. The summed E-state index contributed by atoms with van der Waals surface area (Å²) in [5.41, 5.74) is 2.00. The molecular formula is C23H28FN3O3. The Labute approximate surface area is 176 Å². The van der Waals surface area contributed by atoms with Gasteiger partial charge in [-0.1, -0.05) is 18.2 Å². The number of benzene rings is 2. The van der Waals surface area contributed by atoms with E-state index >= 15 is 0 Å². The number of carbonyl (C=O) groups excluding carboxylic acids is 1. The van der Waals surface area contributed by atoms with E-state index < -0.39 is 0 Å². The molecule has 30 heavy (non-hydrogen) atoms. The van der Waals surface area contributed by atoms with E-state index in [-0.39, 0.29) is 24.6 Å². The van der Waals surface area contributed by atoms with Crippen LogP contribution >= 0.6 is 0 Å². The molecule has 2 aromatic carbocycles. The number of hydrogen-bond donors (Lipinski definition) is 0. The second kappa shape index (κ2) is 9.02. The summed E-state index contributed by atoms with van der Waals surface area (Å²) in [6.07, 6.45) is 0. The normalized spacial score (nSPS) is 17.7. The highest BCUT2D eigenvalue weighted by molar-refractivity contribution is 5.81. The van der Waals surface area contributed by atoms with E-state index in [1.165, 1.54) is 17.7 Å². The van der Waals surface area contributed by atoms with Crippen LogP contribution in [0.25, 0.3) is 0 Å². The van der Waals surface area contributed by atoms with Gasteiger partial charge >= 0.3 is 0 Å². The van der Waals surface area contributed by atoms with E-state index in [9.17, 15) is 9.18 Å². The van der Waals surface area contributed by atoms with E-state index in [1.54, 1.807) is 18.0 Å². The molecule has 0 aliphatic carbocycles. The number of rotatable bonds is 6. The van der Waals surface area contributed by atoms with Crippen LogP contribution in [-0.2, 0) is 17.9 Å². The molecule has 0 bridgehead atoms. The Morgan fingerprint density at radius 2 is 1.83 bits per heavy atom. The Hall–Kier alpha value is -2.64. The lowest BCUT2D eigenvalue weighted by molar-refractivity contribution is -0.136. The van der Waals surface area contributed by atoms with Crippen LogP contribution < -0.4 is 9.47 Å². The fraction of sp³-hybridized carbons (Fsp3) is 0.435. The van der Waals surface area contributed by atoms with Crippen molar-refractivity contribution in [3.63, 3.8) is 0 Å². The van der Waals surface area contributed by atoms with Crippen LogP contribution in [0.2, 0.25) is 0 Å². The first-order chi connectivity index (χ1) is 14.5. The third-order valence-corrected chi connectivity index (χ3v) is 5.84. The molecule has 0 saturated carbocycles. The number of amides is 1. The van der Waals surface area contributed by atoms with Gasteiger partial charge in [-0.3, -0.25) is 14.6 Å². The SMILES string of the molecule is C[C@H](C(=O)N(C)Cc1cccc(F)c1)N1CCN(Cc2ccc3c(c2)OCO3)CC1. The maximum Gasteiger partial charge on any atom is 0.239 e. The van der Waals surface area contributed by atoms with E-state index in [4.69, 9.17) is 9.47 Å². The molecule has 1 amide bonds. The minimum atomic E-state index is -0.278. The topological polar surface area (TPSA) is 45.3 Å². The molecule has 2 aliphatic rings. The predicted molar refractivity (Wildman–Crippen MR) is 112 cm³/mol. The number of fused-ring (bicyclic) bond motifs is 1. The molecular weight excluding hydrogens is 385 g/mol. The van der Waals surface area contributed by atoms with Gasteiger partial charge in [-0.15, -0.1) is 0 Å². The van der Waals surface area contributed by atoms with Crippen LogP contribution in [0.4, 0.5) is 4.39 Å². The summed E-state index contributed by atoms with van der Waals surface area (Å²) in [4.78, 5) is 19.2. The first-order valence-electron chi connectivity index (χ1n) is 10.3. The van der Waals surface area contributed by atoms with Crippen LogP contribution in [0.15, 0.2) is 42.5 Å². The van der Waals surface area contributed by atoms with E-state index in [0.29, 0.717) is 6.54 Å². The quantitative estimate of drug-likeness (QED) is 0.729. The third kappa shape index (κ3) is 4.74. The fourth-order valence-corrected chi connectivity index (χ4v) is 4.07. The number of carbonyl (C=O) groups is 1. The average molecular weight is 413 g/mol. The molecule has 7 heteroatoms. The summed E-state index contributed by atoms with van der Waals surface area (Å²) in [5.74, 6) is 1.40. The van der Waals surface area contributed by atoms with Gasteiger partial charge in [0.15, 0.2) is 11.5 Å². The fourth-order valence-electron chi connectivity index (χ4n) is 4.07. The van der Waals surface area contributed by atoms with Gasteiger partial charge in [-0.2, -0.15) is 0 Å². The maximum absolute atomic E-state index is 13.4. The van der Waals surface area contributed by atoms with Gasteiger partial charge in [-0.05, 0) is 42.3 Å². The van der Waals surface area contributed by atoms with Crippen molar-refractivity contribution in [2.75, 3.05) is 40.0 Å². The summed E-state index contributed by atoms with van der Waals surface area (Å²) in [5, 5.41) is 0. The van der Waals surface area contributed by atoms with Crippen molar-refractivity contribution in [3.05, 3.63) is 59.4 Å². The van der Waals surface area contributed by atoms with Crippen molar-refractivity contribution in [1.82, 2.24) is 14.7 Å². The maximum atomic E-state index is 13.4. The van der Waals surface area contributed by atoms with E-state index in [0.717, 1.165) is 49.8 Å². The smallest absolute Gasteiger partial charge is 0.239 e. The zero-order valence-corrected chi connectivity index (χ0v) is 17.5. The third-order valence-electron chi connectivity index (χ3n) is 5.84. The highest BCUT2D eigenvalue weighted by Crippen LogP contribution is 2.32. The lowest BCUT2D eigenvalue weighted by Gasteiger charge is -2.38. The Bertz CT molecular complexity index is 899. The standard InChI is InChI=1S/C23H28FN3O3/c1-17(23(28)25(2)14-18-4-3-5-20(24)12-18)27-10-8-26(9-11-27)15-19-6-7-21-22(13-19)30-16-29-21/h3-7,12-13,17H,8-11,14-16H2,1-2H3/t17-/m1/s1. The molecule has 0 aromatic heterocycles. The molecule has 2 heterocycles. The lowest BCUT2D eigenvalue weighted by atomic mass is 10.1. The van der Waals surface area contributed by atoms with Crippen LogP contribution in [0.1, 0.15) is 18.1 Å². The number of likely N-dealkylation sites (N-methyl/N-ethyl adjacent to an activating group) is 1. The van der Waals surface area contributed by atoms with Crippen LogP contribution in [0, 0.1) is 5.82 Å². The molecule has 160 valence electrons. The Balaban J connectivity index is 1.27. The first-order valence-corrected chi connectivity index (χ1v) is 10.3. The van der Waals surface area contributed by atoms with Crippen molar-refractivity contribution < 1.29 is 18.7 Å². The van der Waals surface area contributed by atoms with Crippen molar-refractivity contribution >= 4 is 5.91 Å². The average Bonchev–Trinajstić information content (AvgIpc) is 3.21. The van der Waals surface area contributed by atoms with Crippen molar-refractivity contribution in [2.45, 2.75) is 26.1 Å². The molecule has 2 aromatic rings. The largest absolute Gasteiger partial charge is 0.454 e. The molecule has 0 unspecified atom stereocenters. The van der Waals surface area contributed by atoms with Gasteiger partial charge in [0.1, 0.15) is 5.82 Å². The van der Waals surface area contributed by atoms with Gasteiger partial charge < -0.3 is 14.4 Å². The van der Waals surface area contributed by atoms with Gasteiger partial charge in [0.25, 0.3) is 0 Å².